The van der Waals surface area contributed by atoms with E-state index in [0.717, 1.165) is 51.4 Å². The van der Waals surface area contributed by atoms with Crippen LogP contribution in [0.5, 0.6) is 5.75 Å². The molecule has 0 spiro atoms. The number of halogens is 1. The number of anilines is 1. The number of ether oxygens (including phenoxy) is 1. The van der Waals surface area contributed by atoms with E-state index in [2.05, 4.69) is 43.8 Å². The van der Waals surface area contributed by atoms with Crippen molar-refractivity contribution >= 4 is 33.3 Å². The summed E-state index contributed by atoms with van der Waals surface area (Å²) in [5.74, 6) is 0.636. The van der Waals surface area contributed by atoms with Crippen LogP contribution in [0, 0.1) is 5.82 Å². The van der Waals surface area contributed by atoms with Crippen LogP contribution in [0.1, 0.15) is 23.2 Å². The number of nitrogens with zero attached hydrogens (tertiary/aromatic N) is 3. The first-order valence-electron chi connectivity index (χ1n) is 10.6. The maximum atomic E-state index is 13.7. The molecule has 1 aromatic heterocycles. The number of benzene rings is 2. The van der Waals surface area contributed by atoms with Gasteiger partial charge < -0.3 is 15.0 Å². The molecule has 1 fully saturated rings. The molecule has 0 radical (unpaired) electrons. The zero-order chi connectivity index (χ0) is 21.6. The van der Waals surface area contributed by atoms with E-state index < -0.39 is 11.7 Å². The van der Waals surface area contributed by atoms with E-state index >= 15 is 0 Å². The number of aromatic nitrogens is 1. The van der Waals surface area contributed by atoms with Crippen LogP contribution in [-0.2, 0) is 0 Å². The summed E-state index contributed by atoms with van der Waals surface area (Å²) in [6.45, 7) is 5.61. The van der Waals surface area contributed by atoms with Crippen molar-refractivity contribution in [2.24, 2.45) is 0 Å². The summed E-state index contributed by atoms with van der Waals surface area (Å²) in [6.07, 6.45) is 1.94. The first-order valence-corrected chi connectivity index (χ1v) is 11.4. The number of piperazine rings is 1. The summed E-state index contributed by atoms with van der Waals surface area (Å²) in [7, 11) is 1.48. The van der Waals surface area contributed by atoms with Crippen molar-refractivity contribution in [1.29, 1.82) is 0 Å². The second-order valence-corrected chi connectivity index (χ2v) is 8.41. The molecule has 0 atom stereocenters. The highest BCUT2D eigenvalue weighted by Gasteiger charge is 2.20. The van der Waals surface area contributed by atoms with Gasteiger partial charge in [-0.05, 0) is 61.3 Å². The standard InChI is InChI=1S/C23H27FN4O2S/c1-25-23(29)19-16-17(8-9-20(19)24)30-15-5-4-10-27-11-13-28(14-12-27)22-18-6-2-3-7-21(18)31-26-22/h2-3,6-9,16H,4-5,10-15H2,1H3,(H,25,29). The Hall–Kier alpha value is -2.71. The summed E-state index contributed by atoms with van der Waals surface area (Å²) < 4.78 is 25.3. The van der Waals surface area contributed by atoms with E-state index in [1.807, 2.05) is 0 Å². The van der Waals surface area contributed by atoms with E-state index in [1.54, 1.807) is 17.6 Å². The SMILES string of the molecule is CNC(=O)c1cc(OCCCCN2CCN(c3nsc4ccccc34)CC2)ccc1F. The molecule has 1 aliphatic heterocycles. The molecule has 6 nitrogen and oxygen atoms in total. The Morgan fingerprint density at radius 1 is 1.16 bits per heavy atom. The van der Waals surface area contributed by atoms with Gasteiger partial charge in [0, 0.05) is 38.6 Å². The minimum absolute atomic E-state index is 0.00533. The van der Waals surface area contributed by atoms with Gasteiger partial charge in [0.25, 0.3) is 5.91 Å². The Kier molecular flexibility index (Phi) is 6.99. The Morgan fingerprint density at radius 2 is 1.97 bits per heavy atom. The minimum atomic E-state index is -0.545. The smallest absolute Gasteiger partial charge is 0.254 e. The fraction of sp³-hybridized carbons (Fsp3) is 0.391. The summed E-state index contributed by atoms with van der Waals surface area (Å²) in [4.78, 5) is 16.5. The molecule has 0 unspecified atom stereocenters. The van der Waals surface area contributed by atoms with Gasteiger partial charge in [-0.1, -0.05) is 12.1 Å². The van der Waals surface area contributed by atoms with Crippen molar-refractivity contribution in [3.8, 4) is 5.75 Å². The summed E-state index contributed by atoms with van der Waals surface area (Å²) in [5.41, 5.74) is 0.00533. The number of rotatable bonds is 8. The van der Waals surface area contributed by atoms with Gasteiger partial charge >= 0.3 is 0 Å². The fourth-order valence-corrected chi connectivity index (χ4v) is 4.61. The predicted molar refractivity (Wildman–Crippen MR) is 123 cm³/mol. The zero-order valence-corrected chi connectivity index (χ0v) is 18.5. The molecule has 0 aliphatic carbocycles. The summed E-state index contributed by atoms with van der Waals surface area (Å²) >= 11 is 1.57. The Bertz CT molecular complexity index is 1030. The Balaban J connectivity index is 1.18. The topological polar surface area (TPSA) is 57.7 Å². The molecule has 0 saturated carbocycles. The second-order valence-electron chi connectivity index (χ2n) is 7.61. The number of carbonyl (C=O) groups is 1. The first-order chi connectivity index (χ1) is 15.2. The summed E-state index contributed by atoms with van der Waals surface area (Å²) in [5, 5.41) is 3.68. The largest absolute Gasteiger partial charge is 0.494 e. The van der Waals surface area contributed by atoms with Crippen LogP contribution in [0.25, 0.3) is 10.1 Å². The first kappa shape index (κ1) is 21.5. The molecular weight excluding hydrogens is 415 g/mol. The molecule has 8 heteroatoms. The van der Waals surface area contributed by atoms with Crippen molar-refractivity contribution in [3.63, 3.8) is 0 Å². The van der Waals surface area contributed by atoms with Gasteiger partial charge in [0.15, 0.2) is 0 Å². The molecule has 1 amide bonds. The number of amides is 1. The molecule has 31 heavy (non-hydrogen) atoms. The third kappa shape index (κ3) is 5.14. The van der Waals surface area contributed by atoms with Crippen molar-refractivity contribution in [2.45, 2.75) is 12.8 Å². The van der Waals surface area contributed by atoms with Crippen LogP contribution >= 0.6 is 11.5 Å². The average molecular weight is 443 g/mol. The van der Waals surface area contributed by atoms with Crippen molar-refractivity contribution in [1.82, 2.24) is 14.6 Å². The van der Waals surface area contributed by atoms with Gasteiger partial charge in [0.2, 0.25) is 0 Å². The maximum Gasteiger partial charge on any atom is 0.254 e. The number of hydrogen-bond donors (Lipinski definition) is 1. The molecule has 4 rings (SSSR count). The number of carbonyl (C=O) groups excluding carboxylic acids is 1. The van der Waals surface area contributed by atoms with E-state index in [4.69, 9.17) is 4.74 Å². The number of fused-ring (bicyclic) bond motifs is 1. The highest BCUT2D eigenvalue weighted by atomic mass is 32.1. The molecular formula is C23H27FN4O2S. The van der Waals surface area contributed by atoms with E-state index in [0.29, 0.717) is 12.4 Å². The molecule has 1 aliphatic rings. The third-order valence-electron chi connectivity index (χ3n) is 5.58. The average Bonchev–Trinajstić information content (AvgIpc) is 3.24. The molecule has 164 valence electrons. The molecule has 2 aromatic carbocycles. The highest BCUT2D eigenvalue weighted by molar-refractivity contribution is 7.13. The van der Waals surface area contributed by atoms with Crippen LogP contribution in [0.3, 0.4) is 0 Å². The van der Waals surface area contributed by atoms with Gasteiger partial charge in [0.1, 0.15) is 17.4 Å². The second kappa shape index (κ2) is 10.1. The number of unbranched alkanes of at least 4 members (excludes halogenated alkanes) is 1. The fourth-order valence-electron chi connectivity index (χ4n) is 3.81. The molecule has 1 N–H and O–H groups in total. The monoisotopic (exact) mass is 442 g/mol. The minimum Gasteiger partial charge on any atom is -0.494 e. The van der Waals surface area contributed by atoms with Crippen molar-refractivity contribution in [3.05, 3.63) is 53.8 Å². The highest BCUT2D eigenvalue weighted by Crippen LogP contribution is 2.29. The van der Waals surface area contributed by atoms with Gasteiger partial charge in [-0.2, -0.15) is 4.37 Å². The van der Waals surface area contributed by atoms with Gasteiger partial charge in [0.05, 0.1) is 16.9 Å². The molecule has 1 saturated heterocycles. The Labute approximate surface area is 185 Å². The Morgan fingerprint density at radius 3 is 2.77 bits per heavy atom. The quantitative estimate of drug-likeness (QED) is 0.538. The van der Waals surface area contributed by atoms with Crippen LogP contribution < -0.4 is 15.0 Å². The van der Waals surface area contributed by atoms with Crippen LogP contribution in [0.2, 0.25) is 0 Å². The van der Waals surface area contributed by atoms with Crippen molar-refractivity contribution < 1.29 is 13.9 Å². The third-order valence-corrected chi connectivity index (χ3v) is 6.39. The van der Waals surface area contributed by atoms with E-state index in [9.17, 15) is 9.18 Å². The zero-order valence-electron chi connectivity index (χ0n) is 17.6. The lowest BCUT2D eigenvalue weighted by Crippen LogP contribution is -2.46. The van der Waals surface area contributed by atoms with Gasteiger partial charge in [-0.15, -0.1) is 0 Å². The lowest BCUT2D eigenvalue weighted by Gasteiger charge is -2.35. The predicted octanol–water partition coefficient (Wildman–Crippen LogP) is 3.78. The van der Waals surface area contributed by atoms with E-state index in [-0.39, 0.29) is 5.56 Å². The normalized spacial score (nSPS) is 14.7. The lowest BCUT2D eigenvalue weighted by molar-refractivity contribution is 0.0958. The number of hydrogen-bond acceptors (Lipinski definition) is 6. The molecule has 3 aromatic rings. The van der Waals surface area contributed by atoms with Crippen LogP contribution in [0.4, 0.5) is 10.2 Å². The summed E-state index contributed by atoms with van der Waals surface area (Å²) in [6, 6.07) is 12.7. The van der Waals surface area contributed by atoms with Crippen LogP contribution in [-0.4, -0.2) is 61.6 Å². The lowest BCUT2D eigenvalue weighted by atomic mass is 10.2. The van der Waals surface area contributed by atoms with E-state index in [1.165, 1.54) is 29.3 Å². The maximum absolute atomic E-state index is 13.7. The number of nitrogens with one attached hydrogen (secondary N) is 1. The van der Waals surface area contributed by atoms with Crippen molar-refractivity contribution in [2.75, 3.05) is 51.3 Å². The molecule has 0 bridgehead atoms. The van der Waals surface area contributed by atoms with Gasteiger partial charge in [-0.3, -0.25) is 9.69 Å². The van der Waals surface area contributed by atoms with Gasteiger partial charge in [-0.25, -0.2) is 4.39 Å². The molecule has 2 heterocycles. The van der Waals surface area contributed by atoms with Crippen LogP contribution in [0.15, 0.2) is 42.5 Å².